The first kappa shape index (κ1) is 19.2. The molecule has 1 N–H and O–H groups in total. The fourth-order valence-electron chi connectivity index (χ4n) is 3.81. The van der Waals surface area contributed by atoms with Gasteiger partial charge in [-0.2, -0.15) is 0 Å². The van der Waals surface area contributed by atoms with Gasteiger partial charge in [0.2, 0.25) is 5.91 Å². The molecule has 1 fully saturated rings. The number of nitrogens with one attached hydrogen (secondary N) is 1. The number of hydrogen-bond donors (Lipinski definition) is 1. The van der Waals surface area contributed by atoms with E-state index < -0.39 is 0 Å². The lowest BCUT2D eigenvalue weighted by molar-refractivity contribution is -0.124. The molecule has 2 amide bonds. The van der Waals surface area contributed by atoms with Crippen LogP contribution in [0.1, 0.15) is 46.3 Å². The van der Waals surface area contributed by atoms with E-state index in [2.05, 4.69) is 24.4 Å². The van der Waals surface area contributed by atoms with E-state index in [-0.39, 0.29) is 23.7 Å². The van der Waals surface area contributed by atoms with E-state index >= 15 is 0 Å². The van der Waals surface area contributed by atoms with Crippen LogP contribution in [0.2, 0.25) is 0 Å². The molecule has 0 saturated carbocycles. The topological polar surface area (TPSA) is 49.4 Å². The third-order valence-electron chi connectivity index (χ3n) is 5.38. The average molecular weight is 364 g/mol. The lowest BCUT2D eigenvalue weighted by atomic mass is 9.86. The second-order valence-electron chi connectivity index (χ2n) is 7.44. The molecule has 3 rings (SSSR count). The maximum absolute atomic E-state index is 13.0. The Morgan fingerprint density at radius 2 is 1.74 bits per heavy atom. The van der Waals surface area contributed by atoms with E-state index in [1.165, 1.54) is 5.56 Å². The molecule has 0 radical (unpaired) electrons. The molecule has 142 valence electrons. The Morgan fingerprint density at radius 3 is 2.41 bits per heavy atom. The van der Waals surface area contributed by atoms with Crippen molar-refractivity contribution in [1.29, 1.82) is 0 Å². The maximum atomic E-state index is 13.0. The van der Waals surface area contributed by atoms with Gasteiger partial charge in [0.15, 0.2) is 0 Å². The van der Waals surface area contributed by atoms with E-state index in [1.807, 2.05) is 55.1 Å². The van der Waals surface area contributed by atoms with Crippen LogP contribution in [-0.4, -0.2) is 36.3 Å². The van der Waals surface area contributed by atoms with Crippen molar-refractivity contribution in [2.75, 3.05) is 19.6 Å². The summed E-state index contributed by atoms with van der Waals surface area (Å²) >= 11 is 0. The zero-order chi connectivity index (χ0) is 19.4. The van der Waals surface area contributed by atoms with Gasteiger partial charge >= 0.3 is 0 Å². The predicted molar refractivity (Wildman–Crippen MR) is 108 cm³/mol. The summed E-state index contributed by atoms with van der Waals surface area (Å²) in [6, 6.07) is 15.8. The summed E-state index contributed by atoms with van der Waals surface area (Å²) in [6.07, 6.45) is 0.902. The van der Waals surface area contributed by atoms with Gasteiger partial charge in [-0.05, 0) is 43.5 Å². The zero-order valence-corrected chi connectivity index (χ0v) is 16.4. The molecule has 1 aliphatic heterocycles. The van der Waals surface area contributed by atoms with Crippen molar-refractivity contribution in [2.45, 2.75) is 33.1 Å². The summed E-state index contributed by atoms with van der Waals surface area (Å²) < 4.78 is 0. The minimum absolute atomic E-state index is 0.000578. The van der Waals surface area contributed by atoms with E-state index in [4.69, 9.17) is 0 Å². The lowest BCUT2D eigenvalue weighted by Gasteiger charge is -2.19. The largest absolute Gasteiger partial charge is 0.356 e. The molecule has 4 heteroatoms. The summed E-state index contributed by atoms with van der Waals surface area (Å²) in [5.41, 5.74) is 4.13. The van der Waals surface area contributed by atoms with Crippen molar-refractivity contribution in [3.63, 3.8) is 0 Å². The predicted octanol–water partition coefficient (Wildman–Crippen LogP) is 3.69. The first-order valence-electron chi connectivity index (χ1n) is 9.70. The Hall–Kier alpha value is -2.62. The molecule has 0 aromatic heterocycles. The van der Waals surface area contributed by atoms with Crippen molar-refractivity contribution in [2.24, 2.45) is 5.92 Å². The standard InChI is InChI=1S/C23H28N2O2/c1-4-13-24-22(26)21-15-25(23(27)18-11-9-16(2)10-12-18)14-20(21)19-8-6-5-7-17(19)3/h5-12,20-21H,4,13-15H2,1-3H3,(H,24,26)/t20-,21-/m0/s1. The van der Waals surface area contributed by atoms with Crippen LogP contribution in [0.4, 0.5) is 0 Å². The van der Waals surface area contributed by atoms with Crippen LogP contribution >= 0.6 is 0 Å². The van der Waals surface area contributed by atoms with Crippen LogP contribution in [0.15, 0.2) is 48.5 Å². The number of carbonyl (C=O) groups excluding carboxylic acids is 2. The molecular weight excluding hydrogens is 336 g/mol. The molecular formula is C23H28N2O2. The van der Waals surface area contributed by atoms with E-state index in [9.17, 15) is 9.59 Å². The fourth-order valence-corrected chi connectivity index (χ4v) is 3.81. The molecule has 1 aliphatic rings. The number of benzene rings is 2. The highest BCUT2D eigenvalue weighted by Crippen LogP contribution is 2.35. The third-order valence-corrected chi connectivity index (χ3v) is 5.38. The lowest BCUT2D eigenvalue weighted by Crippen LogP contribution is -2.36. The fraction of sp³-hybridized carbons (Fsp3) is 0.391. The van der Waals surface area contributed by atoms with Gasteiger partial charge in [0.05, 0.1) is 5.92 Å². The summed E-state index contributed by atoms with van der Waals surface area (Å²) in [6.45, 7) is 7.82. The Balaban J connectivity index is 1.86. The normalized spacial score (nSPS) is 19.1. The Morgan fingerprint density at radius 1 is 1.04 bits per heavy atom. The SMILES string of the molecule is CCCNC(=O)[C@H]1CN(C(=O)c2ccc(C)cc2)C[C@H]1c1ccccc1C. The van der Waals surface area contributed by atoms with Gasteiger partial charge in [0.1, 0.15) is 0 Å². The molecule has 4 nitrogen and oxygen atoms in total. The number of likely N-dealkylation sites (tertiary alicyclic amines) is 1. The van der Waals surface area contributed by atoms with Gasteiger partial charge in [-0.15, -0.1) is 0 Å². The van der Waals surface area contributed by atoms with Crippen LogP contribution < -0.4 is 5.32 Å². The van der Waals surface area contributed by atoms with Crippen LogP contribution in [0.5, 0.6) is 0 Å². The van der Waals surface area contributed by atoms with Crippen molar-refractivity contribution in [3.05, 3.63) is 70.8 Å². The van der Waals surface area contributed by atoms with Crippen LogP contribution in [0, 0.1) is 19.8 Å². The molecule has 0 bridgehead atoms. The summed E-state index contributed by atoms with van der Waals surface area (Å²) in [5, 5.41) is 3.02. The van der Waals surface area contributed by atoms with Crippen LogP contribution in [0.25, 0.3) is 0 Å². The van der Waals surface area contributed by atoms with Crippen LogP contribution in [0.3, 0.4) is 0 Å². The monoisotopic (exact) mass is 364 g/mol. The van der Waals surface area contributed by atoms with E-state index in [1.54, 1.807) is 0 Å². The smallest absolute Gasteiger partial charge is 0.253 e. The molecule has 2 aromatic rings. The third kappa shape index (κ3) is 4.21. The van der Waals surface area contributed by atoms with Crippen molar-refractivity contribution in [3.8, 4) is 0 Å². The van der Waals surface area contributed by atoms with Crippen molar-refractivity contribution < 1.29 is 9.59 Å². The number of rotatable bonds is 5. The Kier molecular flexibility index (Phi) is 5.94. The van der Waals surface area contributed by atoms with E-state index in [0.29, 0.717) is 25.2 Å². The molecule has 0 unspecified atom stereocenters. The van der Waals surface area contributed by atoms with E-state index in [0.717, 1.165) is 17.5 Å². The molecule has 2 atom stereocenters. The summed E-state index contributed by atoms with van der Waals surface area (Å²) in [4.78, 5) is 27.6. The number of amides is 2. The number of aryl methyl sites for hydroxylation is 2. The number of carbonyl (C=O) groups is 2. The Bertz CT molecular complexity index is 813. The quantitative estimate of drug-likeness (QED) is 0.880. The highest BCUT2D eigenvalue weighted by Gasteiger charge is 2.40. The first-order valence-corrected chi connectivity index (χ1v) is 9.70. The average Bonchev–Trinajstić information content (AvgIpc) is 3.11. The number of nitrogens with zero attached hydrogens (tertiary/aromatic N) is 1. The molecule has 2 aromatic carbocycles. The molecule has 1 heterocycles. The van der Waals surface area contributed by atoms with Crippen molar-refractivity contribution >= 4 is 11.8 Å². The molecule has 1 saturated heterocycles. The maximum Gasteiger partial charge on any atom is 0.253 e. The summed E-state index contributed by atoms with van der Waals surface area (Å²) in [7, 11) is 0. The highest BCUT2D eigenvalue weighted by atomic mass is 16.2. The Labute approximate surface area is 161 Å². The van der Waals surface area contributed by atoms with Gasteiger partial charge in [0, 0.05) is 31.1 Å². The molecule has 27 heavy (non-hydrogen) atoms. The van der Waals surface area contributed by atoms with Crippen molar-refractivity contribution in [1.82, 2.24) is 10.2 Å². The van der Waals surface area contributed by atoms with Gasteiger partial charge in [-0.1, -0.05) is 48.9 Å². The second-order valence-corrected chi connectivity index (χ2v) is 7.44. The van der Waals surface area contributed by atoms with Gasteiger partial charge in [0.25, 0.3) is 5.91 Å². The molecule has 0 spiro atoms. The zero-order valence-electron chi connectivity index (χ0n) is 16.4. The minimum atomic E-state index is -0.216. The van der Waals surface area contributed by atoms with Crippen LogP contribution in [-0.2, 0) is 4.79 Å². The van der Waals surface area contributed by atoms with Gasteiger partial charge in [-0.25, -0.2) is 0 Å². The summed E-state index contributed by atoms with van der Waals surface area (Å²) in [5.74, 6) is -0.145. The highest BCUT2D eigenvalue weighted by molar-refractivity contribution is 5.95. The van der Waals surface area contributed by atoms with Gasteiger partial charge < -0.3 is 10.2 Å². The first-order chi connectivity index (χ1) is 13.0. The number of hydrogen-bond acceptors (Lipinski definition) is 2. The van der Waals surface area contributed by atoms with Gasteiger partial charge in [-0.3, -0.25) is 9.59 Å². The minimum Gasteiger partial charge on any atom is -0.356 e. The second kappa shape index (κ2) is 8.38. The molecule has 0 aliphatic carbocycles.